The minimum Gasteiger partial charge on any atom is -0.480 e. The van der Waals surface area contributed by atoms with Crippen LogP contribution in [0.1, 0.15) is 30.1 Å². The predicted molar refractivity (Wildman–Crippen MR) is 122 cm³/mol. The number of rotatable bonds is 7. The molecule has 32 heavy (non-hydrogen) atoms. The first-order valence-electron chi connectivity index (χ1n) is 9.59. The number of ether oxygens (including phenoxy) is 1. The molecular formula is C20H18BrClN4O5S. The number of aromatic nitrogens is 3. The molecule has 2 aromatic heterocycles. The summed E-state index contributed by atoms with van der Waals surface area (Å²) in [6.07, 6.45) is 5.01. The summed E-state index contributed by atoms with van der Waals surface area (Å²) in [5.41, 5.74) is 1.89. The normalized spacial score (nSPS) is 16.3. The summed E-state index contributed by atoms with van der Waals surface area (Å²) < 4.78 is 31.5. The summed E-state index contributed by atoms with van der Waals surface area (Å²) in [4.78, 5) is 15.4. The van der Waals surface area contributed by atoms with Gasteiger partial charge in [0.05, 0.1) is 28.6 Å². The molecule has 3 aromatic rings. The predicted octanol–water partition coefficient (Wildman–Crippen LogP) is 4.59. The Hall–Kier alpha value is -2.47. The monoisotopic (exact) mass is 540 g/mol. The smallest absolute Gasteiger partial charge is 0.325 e. The Morgan fingerprint density at radius 1 is 1.38 bits per heavy atom. The highest BCUT2D eigenvalue weighted by atomic mass is 79.9. The fraction of sp³-hybridized carbons (Fsp3) is 0.250. The number of hydrogen-bond acceptors (Lipinski definition) is 5. The Morgan fingerprint density at radius 3 is 2.88 bits per heavy atom. The molecule has 0 saturated carbocycles. The van der Waals surface area contributed by atoms with Gasteiger partial charge in [-0.2, -0.15) is 5.10 Å². The first kappa shape index (κ1) is 22.7. The van der Waals surface area contributed by atoms with Crippen LogP contribution in [0.5, 0.6) is 11.6 Å². The number of halogens is 2. The molecule has 4 rings (SSSR count). The summed E-state index contributed by atoms with van der Waals surface area (Å²) >= 11 is 7.05. The molecule has 2 N–H and O–H groups in total. The standard InChI is InChI=1S/C20H18BrClN4O5S/c21-16-8-13(9-23-20(16)31-14-4-1-3-12(22)7-14)26(32(29)30)18-6-2-5-17-15(18)10-24-25(17)11-19(27)28/h1,3-4,7-10,18H,2,5-6,11H2,(H,27,28)(H,29,30). The molecule has 0 bridgehead atoms. The zero-order chi connectivity index (χ0) is 22.8. The molecule has 0 radical (unpaired) electrons. The average molecular weight is 542 g/mol. The van der Waals surface area contributed by atoms with E-state index in [9.17, 15) is 13.6 Å². The molecule has 1 aliphatic rings. The highest BCUT2D eigenvalue weighted by Gasteiger charge is 2.33. The molecule has 0 saturated heterocycles. The van der Waals surface area contributed by atoms with Crippen molar-refractivity contribution in [2.75, 3.05) is 4.31 Å². The van der Waals surface area contributed by atoms with Crippen LogP contribution in [0, 0.1) is 0 Å². The lowest BCUT2D eigenvalue weighted by Crippen LogP contribution is -2.33. The van der Waals surface area contributed by atoms with Crippen LogP contribution in [0.4, 0.5) is 5.69 Å². The van der Waals surface area contributed by atoms with Crippen molar-refractivity contribution in [2.45, 2.75) is 31.8 Å². The summed E-state index contributed by atoms with van der Waals surface area (Å²) in [6, 6.07) is 8.06. The van der Waals surface area contributed by atoms with Gasteiger partial charge >= 0.3 is 5.97 Å². The lowest BCUT2D eigenvalue weighted by atomic mass is 9.92. The average Bonchev–Trinajstić information content (AvgIpc) is 3.13. The van der Waals surface area contributed by atoms with E-state index in [4.69, 9.17) is 21.4 Å². The van der Waals surface area contributed by atoms with Crippen molar-refractivity contribution in [3.8, 4) is 11.6 Å². The van der Waals surface area contributed by atoms with Crippen molar-refractivity contribution in [3.05, 3.63) is 63.5 Å². The molecule has 0 aliphatic heterocycles. The van der Waals surface area contributed by atoms with E-state index in [0.29, 0.717) is 33.8 Å². The number of fused-ring (bicyclic) bond motifs is 1. The number of aliphatic carboxylic acids is 1. The number of carbonyl (C=O) groups is 1. The third-order valence-corrected chi connectivity index (χ3v) is 6.63. The van der Waals surface area contributed by atoms with Gasteiger partial charge in [-0.1, -0.05) is 17.7 Å². The van der Waals surface area contributed by atoms with Crippen LogP contribution < -0.4 is 9.04 Å². The number of pyridine rings is 1. The van der Waals surface area contributed by atoms with E-state index in [0.717, 1.165) is 17.7 Å². The largest absolute Gasteiger partial charge is 0.480 e. The minimum absolute atomic E-state index is 0.257. The van der Waals surface area contributed by atoms with Gasteiger partial charge in [-0.25, -0.2) is 9.19 Å². The van der Waals surface area contributed by atoms with Gasteiger partial charge in [0.15, 0.2) is 0 Å². The van der Waals surface area contributed by atoms with Crippen LogP contribution in [-0.2, 0) is 29.0 Å². The van der Waals surface area contributed by atoms with E-state index >= 15 is 0 Å². The van der Waals surface area contributed by atoms with Crippen LogP contribution in [0.15, 0.2) is 47.2 Å². The van der Waals surface area contributed by atoms with Gasteiger partial charge in [0, 0.05) is 16.3 Å². The minimum atomic E-state index is -2.36. The third kappa shape index (κ3) is 4.80. The Labute approximate surface area is 199 Å². The SMILES string of the molecule is O=C(O)Cn1ncc2c1CCCC2N(c1cnc(Oc2cccc(Cl)c2)c(Br)c1)S(=O)O. The van der Waals surface area contributed by atoms with Gasteiger partial charge in [0.1, 0.15) is 12.3 Å². The molecule has 2 heterocycles. The van der Waals surface area contributed by atoms with E-state index in [1.54, 1.807) is 36.5 Å². The Balaban J connectivity index is 1.64. The number of nitrogens with zero attached hydrogens (tertiary/aromatic N) is 4. The highest BCUT2D eigenvalue weighted by Crippen LogP contribution is 2.40. The zero-order valence-corrected chi connectivity index (χ0v) is 19.7. The van der Waals surface area contributed by atoms with Crippen molar-refractivity contribution in [1.29, 1.82) is 0 Å². The molecule has 2 atom stereocenters. The number of hydrogen-bond donors (Lipinski definition) is 2. The van der Waals surface area contributed by atoms with Crippen LogP contribution in [0.3, 0.4) is 0 Å². The van der Waals surface area contributed by atoms with Crippen molar-refractivity contribution >= 4 is 50.5 Å². The van der Waals surface area contributed by atoms with Crippen LogP contribution in [0.25, 0.3) is 0 Å². The second-order valence-corrected chi connectivity index (χ2v) is 9.25. The number of benzene rings is 1. The fourth-order valence-corrected chi connectivity index (χ4v) is 5.05. The first-order chi connectivity index (χ1) is 15.3. The second kappa shape index (κ2) is 9.57. The van der Waals surface area contributed by atoms with E-state index in [2.05, 4.69) is 26.0 Å². The Bertz CT molecular complexity index is 1190. The molecule has 9 nitrogen and oxygen atoms in total. The molecule has 12 heteroatoms. The lowest BCUT2D eigenvalue weighted by molar-refractivity contribution is -0.137. The fourth-order valence-electron chi connectivity index (χ4n) is 3.74. The molecule has 0 fully saturated rings. The van der Waals surface area contributed by atoms with Gasteiger partial charge in [-0.3, -0.25) is 18.3 Å². The quantitative estimate of drug-likeness (QED) is 0.420. The summed E-state index contributed by atoms with van der Waals surface area (Å²) in [5, 5.41) is 13.8. The van der Waals surface area contributed by atoms with E-state index in [-0.39, 0.29) is 12.4 Å². The Morgan fingerprint density at radius 2 is 2.19 bits per heavy atom. The first-order valence-corrected chi connectivity index (χ1v) is 11.8. The number of anilines is 1. The second-order valence-electron chi connectivity index (χ2n) is 7.10. The van der Waals surface area contributed by atoms with Crippen molar-refractivity contribution < 1.29 is 23.4 Å². The van der Waals surface area contributed by atoms with Crippen LogP contribution >= 0.6 is 27.5 Å². The van der Waals surface area contributed by atoms with Crippen molar-refractivity contribution in [1.82, 2.24) is 14.8 Å². The van der Waals surface area contributed by atoms with Gasteiger partial charge in [0.25, 0.3) is 11.3 Å². The lowest BCUT2D eigenvalue weighted by Gasteiger charge is -2.32. The molecular weight excluding hydrogens is 524 g/mol. The van der Waals surface area contributed by atoms with Crippen molar-refractivity contribution in [2.24, 2.45) is 0 Å². The maximum atomic E-state index is 12.3. The maximum absolute atomic E-state index is 12.3. The summed E-state index contributed by atoms with van der Waals surface area (Å²) in [7, 11) is 0. The van der Waals surface area contributed by atoms with Gasteiger partial charge in [-0.05, 0) is 59.5 Å². The third-order valence-electron chi connectivity index (χ3n) is 5.03. The summed E-state index contributed by atoms with van der Waals surface area (Å²) in [5.74, 6) is -0.217. The molecule has 0 amide bonds. The van der Waals surface area contributed by atoms with E-state index in [1.165, 1.54) is 15.2 Å². The highest BCUT2D eigenvalue weighted by molar-refractivity contribution is 9.10. The van der Waals surface area contributed by atoms with Crippen LogP contribution in [0.2, 0.25) is 5.02 Å². The topological polar surface area (TPSA) is 118 Å². The van der Waals surface area contributed by atoms with Crippen molar-refractivity contribution in [3.63, 3.8) is 0 Å². The molecule has 0 spiro atoms. The summed E-state index contributed by atoms with van der Waals surface area (Å²) in [6.45, 7) is -0.257. The maximum Gasteiger partial charge on any atom is 0.325 e. The Kier molecular flexibility index (Phi) is 6.79. The number of carboxylic acid groups (broad SMARTS) is 1. The van der Waals surface area contributed by atoms with Gasteiger partial charge in [-0.15, -0.1) is 0 Å². The van der Waals surface area contributed by atoms with E-state index < -0.39 is 23.3 Å². The molecule has 168 valence electrons. The van der Waals surface area contributed by atoms with Gasteiger partial charge < -0.3 is 9.84 Å². The zero-order valence-electron chi connectivity index (χ0n) is 16.5. The number of carboxylic acids is 1. The molecule has 2 unspecified atom stereocenters. The molecule has 1 aromatic carbocycles. The molecule has 1 aliphatic carbocycles. The van der Waals surface area contributed by atoms with Gasteiger partial charge in [0.2, 0.25) is 5.88 Å². The van der Waals surface area contributed by atoms with Crippen LogP contribution in [-0.4, -0.2) is 34.6 Å². The van der Waals surface area contributed by atoms with E-state index in [1.807, 2.05) is 0 Å².